The Morgan fingerprint density at radius 2 is 2.36 bits per heavy atom. The van der Waals surface area contributed by atoms with E-state index >= 15 is 0 Å². The monoisotopic (exact) mass is 152 g/mol. The third-order valence-corrected chi connectivity index (χ3v) is 1.28. The molecule has 0 bridgehead atoms. The number of carbonyl (C=O) groups is 1. The maximum absolute atomic E-state index is 10.8. The van der Waals surface area contributed by atoms with Crippen LogP contribution in [0, 0.1) is 11.3 Å². The maximum atomic E-state index is 10.8. The van der Waals surface area contributed by atoms with Crippen LogP contribution in [0.4, 0.5) is 0 Å². The molecular formula is C8H12N2O. The molecule has 11 heavy (non-hydrogen) atoms. The molecule has 0 fully saturated rings. The van der Waals surface area contributed by atoms with Gasteiger partial charge in [0.25, 0.3) is 0 Å². The molecule has 0 aromatic carbocycles. The molecular weight excluding hydrogens is 140 g/mol. The molecule has 0 aliphatic carbocycles. The zero-order valence-electron chi connectivity index (χ0n) is 6.85. The van der Waals surface area contributed by atoms with Crippen molar-refractivity contribution in [3.63, 3.8) is 0 Å². The van der Waals surface area contributed by atoms with Gasteiger partial charge in [-0.15, -0.1) is 0 Å². The van der Waals surface area contributed by atoms with Crippen LogP contribution >= 0.6 is 0 Å². The van der Waals surface area contributed by atoms with Gasteiger partial charge in [0, 0.05) is 6.08 Å². The summed E-state index contributed by atoms with van der Waals surface area (Å²) < 4.78 is 0. The van der Waals surface area contributed by atoms with E-state index in [4.69, 9.17) is 5.26 Å². The van der Waals surface area contributed by atoms with Gasteiger partial charge in [-0.2, -0.15) is 5.26 Å². The van der Waals surface area contributed by atoms with Crippen LogP contribution in [0.2, 0.25) is 0 Å². The molecule has 60 valence electrons. The van der Waals surface area contributed by atoms with Gasteiger partial charge in [-0.05, 0) is 13.3 Å². The number of hydrogen-bond donors (Lipinski definition) is 1. The Morgan fingerprint density at radius 3 is 2.82 bits per heavy atom. The molecule has 1 N–H and O–H groups in total. The standard InChI is InChI=1S/C8H12N2O/c1-3-7(2)6-8(11)10-5-4-9/h6H,3,5H2,1-2H3,(H,10,11)/b7-6+. The van der Waals surface area contributed by atoms with Crippen LogP contribution in [0.3, 0.4) is 0 Å². The van der Waals surface area contributed by atoms with Gasteiger partial charge in [0.05, 0.1) is 6.07 Å². The van der Waals surface area contributed by atoms with Gasteiger partial charge >= 0.3 is 0 Å². The lowest BCUT2D eigenvalue weighted by Gasteiger charge is -1.95. The molecule has 1 amide bonds. The predicted molar refractivity (Wildman–Crippen MR) is 42.7 cm³/mol. The molecule has 3 nitrogen and oxygen atoms in total. The summed E-state index contributed by atoms with van der Waals surface area (Å²) in [6, 6.07) is 1.83. The number of nitrogens with one attached hydrogen (secondary N) is 1. The van der Waals surface area contributed by atoms with Crippen molar-refractivity contribution >= 4 is 5.91 Å². The van der Waals surface area contributed by atoms with E-state index in [9.17, 15) is 4.79 Å². The highest BCUT2D eigenvalue weighted by Crippen LogP contribution is 1.95. The first-order valence-electron chi connectivity index (χ1n) is 3.52. The van der Waals surface area contributed by atoms with Gasteiger partial charge in [-0.3, -0.25) is 4.79 Å². The summed E-state index contributed by atoms with van der Waals surface area (Å²) in [5.41, 5.74) is 1.01. The zero-order chi connectivity index (χ0) is 8.69. The van der Waals surface area contributed by atoms with Crippen LogP contribution in [0.1, 0.15) is 20.3 Å². The minimum atomic E-state index is -0.189. The predicted octanol–water partition coefficient (Wildman–Crippen LogP) is 0.982. The third kappa shape index (κ3) is 5.16. The molecule has 0 aliphatic rings. The summed E-state index contributed by atoms with van der Waals surface area (Å²) in [6.07, 6.45) is 2.37. The van der Waals surface area contributed by atoms with Crippen molar-refractivity contribution in [1.82, 2.24) is 5.32 Å². The smallest absolute Gasteiger partial charge is 0.244 e. The summed E-state index contributed by atoms with van der Waals surface area (Å²) in [6.45, 7) is 3.93. The van der Waals surface area contributed by atoms with E-state index in [1.54, 1.807) is 0 Å². The maximum Gasteiger partial charge on any atom is 0.244 e. The highest BCUT2D eigenvalue weighted by Gasteiger charge is 1.93. The quantitative estimate of drug-likeness (QED) is 0.484. The van der Waals surface area contributed by atoms with E-state index in [0.29, 0.717) is 0 Å². The molecule has 3 heteroatoms. The van der Waals surface area contributed by atoms with E-state index < -0.39 is 0 Å². The lowest BCUT2D eigenvalue weighted by Crippen LogP contribution is -2.21. The molecule has 0 saturated heterocycles. The van der Waals surface area contributed by atoms with E-state index in [-0.39, 0.29) is 12.5 Å². The molecule has 0 aromatic heterocycles. The minimum Gasteiger partial charge on any atom is -0.339 e. The fourth-order valence-electron chi connectivity index (χ4n) is 0.504. The van der Waals surface area contributed by atoms with E-state index in [1.807, 2.05) is 19.9 Å². The molecule has 0 aromatic rings. The van der Waals surface area contributed by atoms with Crippen molar-refractivity contribution in [3.8, 4) is 6.07 Å². The number of nitrogens with zero attached hydrogens (tertiary/aromatic N) is 1. The van der Waals surface area contributed by atoms with Crippen molar-refractivity contribution in [1.29, 1.82) is 5.26 Å². The second-order valence-corrected chi connectivity index (χ2v) is 2.22. The topological polar surface area (TPSA) is 52.9 Å². The van der Waals surface area contributed by atoms with Crippen LogP contribution in [-0.4, -0.2) is 12.5 Å². The Balaban J connectivity index is 3.79. The number of allylic oxidation sites excluding steroid dienone is 1. The lowest BCUT2D eigenvalue weighted by atomic mass is 10.2. The van der Waals surface area contributed by atoms with Gasteiger partial charge in [-0.1, -0.05) is 12.5 Å². The molecule has 0 atom stereocenters. The molecule has 0 saturated carbocycles. The van der Waals surface area contributed by atoms with Crippen molar-refractivity contribution < 1.29 is 4.79 Å². The van der Waals surface area contributed by atoms with Crippen molar-refractivity contribution in [2.45, 2.75) is 20.3 Å². The molecule has 0 radical (unpaired) electrons. The third-order valence-electron chi connectivity index (χ3n) is 1.28. The van der Waals surface area contributed by atoms with Crippen molar-refractivity contribution in [3.05, 3.63) is 11.6 Å². The van der Waals surface area contributed by atoms with Gasteiger partial charge in [0.2, 0.25) is 5.91 Å². The van der Waals surface area contributed by atoms with Crippen molar-refractivity contribution in [2.24, 2.45) is 0 Å². The average molecular weight is 152 g/mol. The molecule has 0 unspecified atom stereocenters. The fourth-order valence-corrected chi connectivity index (χ4v) is 0.504. The Hall–Kier alpha value is -1.30. The zero-order valence-corrected chi connectivity index (χ0v) is 6.85. The second-order valence-electron chi connectivity index (χ2n) is 2.22. The summed E-state index contributed by atoms with van der Waals surface area (Å²) >= 11 is 0. The van der Waals surface area contributed by atoms with Gasteiger partial charge in [0.1, 0.15) is 6.54 Å². The normalized spacial score (nSPS) is 10.5. The summed E-state index contributed by atoms with van der Waals surface area (Å²) in [7, 11) is 0. The van der Waals surface area contributed by atoms with E-state index in [2.05, 4.69) is 5.32 Å². The molecule has 0 heterocycles. The molecule has 0 spiro atoms. The van der Waals surface area contributed by atoms with Crippen LogP contribution in [-0.2, 0) is 4.79 Å². The van der Waals surface area contributed by atoms with Gasteiger partial charge in [0.15, 0.2) is 0 Å². The SMILES string of the molecule is CC/C(C)=C/C(=O)NCC#N. The van der Waals surface area contributed by atoms with Gasteiger partial charge < -0.3 is 5.32 Å². The van der Waals surface area contributed by atoms with Crippen molar-refractivity contribution in [2.75, 3.05) is 6.54 Å². The van der Waals surface area contributed by atoms with Crippen LogP contribution in [0.25, 0.3) is 0 Å². The highest BCUT2D eigenvalue weighted by molar-refractivity contribution is 5.88. The minimum absolute atomic E-state index is 0.0757. The fraction of sp³-hybridized carbons (Fsp3) is 0.500. The summed E-state index contributed by atoms with van der Waals surface area (Å²) in [4.78, 5) is 10.8. The van der Waals surface area contributed by atoms with Crippen LogP contribution in [0.5, 0.6) is 0 Å². The Labute approximate surface area is 66.7 Å². The van der Waals surface area contributed by atoms with E-state index in [1.165, 1.54) is 6.08 Å². The highest BCUT2D eigenvalue weighted by atomic mass is 16.1. The first-order valence-corrected chi connectivity index (χ1v) is 3.52. The largest absolute Gasteiger partial charge is 0.339 e. The number of rotatable bonds is 3. The number of amides is 1. The molecule has 0 aliphatic heterocycles. The Morgan fingerprint density at radius 1 is 1.73 bits per heavy atom. The number of nitriles is 1. The first kappa shape index (κ1) is 9.70. The summed E-state index contributed by atoms with van der Waals surface area (Å²) in [5.74, 6) is -0.189. The summed E-state index contributed by atoms with van der Waals surface area (Å²) in [5, 5.41) is 10.5. The number of hydrogen-bond acceptors (Lipinski definition) is 2. The lowest BCUT2D eigenvalue weighted by molar-refractivity contribution is -0.116. The average Bonchev–Trinajstić information content (AvgIpc) is 2.00. The Bertz CT molecular complexity index is 201. The molecule has 0 rings (SSSR count). The number of carbonyl (C=O) groups excluding carboxylic acids is 1. The second kappa shape index (κ2) is 5.48. The van der Waals surface area contributed by atoms with Crippen LogP contribution < -0.4 is 5.32 Å². The van der Waals surface area contributed by atoms with Gasteiger partial charge in [-0.25, -0.2) is 0 Å². The first-order chi connectivity index (χ1) is 5.20. The Kier molecular flexibility index (Phi) is 4.83. The van der Waals surface area contributed by atoms with Crippen LogP contribution in [0.15, 0.2) is 11.6 Å². The van der Waals surface area contributed by atoms with E-state index in [0.717, 1.165) is 12.0 Å².